The maximum atomic E-state index is 4.16. The number of hydrogen-bond acceptors (Lipinski definition) is 4. The first kappa shape index (κ1) is 11.7. The minimum absolute atomic E-state index is 1.000. The lowest BCUT2D eigenvalue weighted by Crippen LogP contribution is -2.19. The van der Waals surface area contributed by atoms with E-state index in [4.69, 9.17) is 0 Å². The van der Waals surface area contributed by atoms with Gasteiger partial charge in [-0.05, 0) is 35.4 Å². The molecule has 0 saturated carbocycles. The van der Waals surface area contributed by atoms with Gasteiger partial charge in [0.15, 0.2) is 5.16 Å². The Bertz CT molecular complexity index is 332. The second kappa shape index (κ2) is 6.73. The summed E-state index contributed by atoms with van der Waals surface area (Å²) in [5.41, 5.74) is 1.43. The number of hydrogen-bond donors (Lipinski definition) is 2. The summed E-state index contributed by atoms with van der Waals surface area (Å²) in [6.45, 7) is 2.07. The monoisotopic (exact) mass is 253 g/mol. The SMILES string of the molecule is c1c[nH]c(SCCNCCc2ccsc2)n1. The molecule has 0 fully saturated rings. The molecule has 5 heteroatoms. The molecule has 0 bridgehead atoms. The molecule has 2 rings (SSSR count). The molecule has 0 spiro atoms. The number of aromatic nitrogens is 2. The number of thiophene rings is 1. The van der Waals surface area contributed by atoms with E-state index < -0.39 is 0 Å². The van der Waals surface area contributed by atoms with Gasteiger partial charge in [-0.1, -0.05) is 11.8 Å². The number of thioether (sulfide) groups is 1. The van der Waals surface area contributed by atoms with Crippen LogP contribution in [0.4, 0.5) is 0 Å². The van der Waals surface area contributed by atoms with Crippen LogP contribution in [0.1, 0.15) is 5.56 Å². The summed E-state index contributed by atoms with van der Waals surface area (Å²) >= 11 is 3.51. The number of imidazole rings is 1. The first-order valence-corrected chi connectivity index (χ1v) is 7.22. The first-order valence-electron chi connectivity index (χ1n) is 5.29. The fourth-order valence-corrected chi connectivity index (χ4v) is 2.77. The Balaban J connectivity index is 1.49. The van der Waals surface area contributed by atoms with Crippen molar-refractivity contribution < 1.29 is 0 Å². The van der Waals surface area contributed by atoms with E-state index in [-0.39, 0.29) is 0 Å². The molecule has 0 radical (unpaired) electrons. The molecule has 0 saturated heterocycles. The average Bonchev–Trinajstić information content (AvgIpc) is 2.96. The molecule has 0 atom stereocenters. The van der Waals surface area contributed by atoms with Gasteiger partial charge in [-0.25, -0.2) is 4.98 Å². The van der Waals surface area contributed by atoms with E-state index in [1.54, 1.807) is 29.3 Å². The Morgan fingerprint density at radius 1 is 1.44 bits per heavy atom. The van der Waals surface area contributed by atoms with E-state index >= 15 is 0 Å². The van der Waals surface area contributed by atoms with Crippen LogP contribution in [0.2, 0.25) is 0 Å². The number of nitrogens with zero attached hydrogens (tertiary/aromatic N) is 1. The van der Waals surface area contributed by atoms with E-state index in [9.17, 15) is 0 Å². The number of aromatic amines is 1. The number of H-pyrrole nitrogens is 1. The van der Waals surface area contributed by atoms with E-state index in [1.807, 2.05) is 6.20 Å². The normalized spacial score (nSPS) is 10.8. The molecular formula is C11H15N3S2. The molecule has 0 aliphatic heterocycles. The highest BCUT2D eigenvalue weighted by Gasteiger charge is 1.95. The average molecular weight is 253 g/mol. The minimum atomic E-state index is 1.000. The molecule has 2 aromatic rings. The highest BCUT2D eigenvalue weighted by atomic mass is 32.2. The van der Waals surface area contributed by atoms with Gasteiger partial charge in [-0.3, -0.25) is 0 Å². The van der Waals surface area contributed by atoms with Gasteiger partial charge < -0.3 is 10.3 Å². The Labute approximate surface area is 104 Å². The second-order valence-corrected chi connectivity index (χ2v) is 5.24. The smallest absolute Gasteiger partial charge is 0.165 e. The van der Waals surface area contributed by atoms with Crippen molar-refractivity contribution in [2.45, 2.75) is 11.6 Å². The summed E-state index contributed by atoms with van der Waals surface area (Å²) in [6.07, 6.45) is 4.76. The molecule has 0 amide bonds. The molecule has 2 N–H and O–H groups in total. The maximum Gasteiger partial charge on any atom is 0.165 e. The zero-order valence-electron chi connectivity index (χ0n) is 8.98. The molecule has 0 aliphatic carbocycles. The molecule has 0 aliphatic rings. The van der Waals surface area contributed by atoms with E-state index in [1.165, 1.54) is 5.56 Å². The highest BCUT2D eigenvalue weighted by molar-refractivity contribution is 7.99. The third-order valence-electron chi connectivity index (χ3n) is 2.16. The molecule has 2 aromatic heterocycles. The van der Waals surface area contributed by atoms with Crippen LogP contribution in [0.25, 0.3) is 0 Å². The fraction of sp³-hybridized carbons (Fsp3) is 0.364. The Morgan fingerprint density at radius 2 is 2.44 bits per heavy atom. The summed E-state index contributed by atoms with van der Waals surface area (Å²) in [7, 11) is 0. The summed E-state index contributed by atoms with van der Waals surface area (Å²) in [4.78, 5) is 7.23. The third kappa shape index (κ3) is 4.00. The highest BCUT2D eigenvalue weighted by Crippen LogP contribution is 2.10. The van der Waals surface area contributed by atoms with Crippen molar-refractivity contribution in [3.63, 3.8) is 0 Å². The lowest BCUT2D eigenvalue weighted by atomic mass is 10.2. The molecule has 3 nitrogen and oxygen atoms in total. The minimum Gasteiger partial charge on any atom is -0.340 e. The lowest BCUT2D eigenvalue weighted by Gasteiger charge is -2.02. The van der Waals surface area contributed by atoms with Crippen LogP contribution in [-0.4, -0.2) is 28.8 Å². The van der Waals surface area contributed by atoms with Crippen molar-refractivity contribution in [3.05, 3.63) is 34.8 Å². The predicted octanol–water partition coefficient (Wildman–Crippen LogP) is 2.40. The van der Waals surface area contributed by atoms with Crippen molar-refractivity contribution in [2.24, 2.45) is 0 Å². The van der Waals surface area contributed by atoms with Crippen LogP contribution in [0.5, 0.6) is 0 Å². The molecule has 16 heavy (non-hydrogen) atoms. The Hall–Kier alpha value is -0.780. The molecule has 2 heterocycles. The van der Waals surface area contributed by atoms with Crippen LogP contribution in [0, 0.1) is 0 Å². The first-order chi connectivity index (χ1) is 7.95. The van der Waals surface area contributed by atoms with E-state index in [2.05, 4.69) is 32.1 Å². The van der Waals surface area contributed by atoms with Gasteiger partial charge in [0.05, 0.1) is 0 Å². The van der Waals surface area contributed by atoms with E-state index in [0.717, 1.165) is 30.4 Å². The summed E-state index contributed by atoms with van der Waals surface area (Å²) in [5, 5.41) is 8.76. The Morgan fingerprint density at radius 3 is 3.19 bits per heavy atom. The van der Waals surface area contributed by atoms with E-state index in [0.29, 0.717) is 0 Å². The lowest BCUT2D eigenvalue weighted by molar-refractivity contribution is 0.721. The maximum absolute atomic E-state index is 4.16. The zero-order chi connectivity index (χ0) is 11.1. The quantitative estimate of drug-likeness (QED) is 0.588. The van der Waals surface area contributed by atoms with Gasteiger partial charge in [0.25, 0.3) is 0 Å². The van der Waals surface area contributed by atoms with Crippen LogP contribution in [0.15, 0.2) is 34.4 Å². The van der Waals surface area contributed by atoms with Crippen molar-refractivity contribution in [2.75, 3.05) is 18.8 Å². The van der Waals surface area contributed by atoms with Crippen LogP contribution >= 0.6 is 23.1 Å². The third-order valence-corrected chi connectivity index (χ3v) is 3.80. The summed E-state index contributed by atoms with van der Waals surface area (Å²) in [5.74, 6) is 1.05. The molecule has 0 unspecified atom stereocenters. The number of nitrogens with one attached hydrogen (secondary N) is 2. The fourth-order valence-electron chi connectivity index (χ4n) is 1.34. The van der Waals surface area contributed by atoms with Crippen LogP contribution in [-0.2, 0) is 6.42 Å². The van der Waals surface area contributed by atoms with Gasteiger partial charge in [0, 0.05) is 24.7 Å². The van der Waals surface area contributed by atoms with Gasteiger partial charge in [0.1, 0.15) is 0 Å². The standard InChI is InChI=1S/C11H15N3S2/c1(10-2-7-15-9-10)3-12-6-8-16-11-13-4-5-14-11/h2,4-5,7,9,12H,1,3,6,8H2,(H,13,14). The number of rotatable bonds is 7. The Kier molecular flexibility index (Phi) is 4.92. The van der Waals surface area contributed by atoms with Gasteiger partial charge in [-0.2, -0.15) is 11.3 Å². The van der Waals surface area contributed by atoms with Gasteiger partial charge in [0.2, 0.25) is 0 Å². The molecular weight excluding hydrogens is 238 g/mol. The van der Waals surface area contributed by atoms with Gasteiger partial charge in [-0.15, -0.1) is 0 Å². The van der Waals surface area contributed by atoms with Crippen molar-refractivity contribution in [1.82, 2.24) is 15.3 Å². The molecule has 86 valence electrons. The zero-order valence-corrected chi connectivity index (χ0v) is 10.6. The predicted molar refractivity (Wildman–Crippen MR) is 70.2 cm³/mol. The second-order valence-electron chi connectivity index (χ2n) is 3.37. The molecule has 0 aromatic carbocycles. The van der Waals surface area contributed by atoms with Crippen molar-refractivity contribution in [3.8, 4) is 0 Å². The summed E-state index contributed by atoms with van der Waals surface area (Å²) < 4.78 is 0. The topological polar surface area (TPSA) is 40.7 Å². The van der Waals surface area contributed by atoms with Crippen molar-refractivity contribution in [1.29, 1.82) is 0 Å². The van der Waals surface area contributed by atoms with Crippen LogP contribution < -0.4 is 5.32 Å². The van der Waals surface area contributed by atoms with Crippen LogP contribution in [0.3, 0.4) is 0 Å². The summed E-state index contributed by atoms with van der Waals surface area (Å²) in [6, 6.07) is 2.18. The largest absolute Gasteiger partial charge is 0.340 e. The van der Waals surface area contributed by atoms with Gasteiger partial charge >= 0.3 is 0 Å². The van der Waals surface area contributed by atoms with Crippen molar-refractivity contribution >= 4 is 23.1 Å².